The van der Waals surface area contributed by atoms with Crippen LogP contribution in [-0.4, -0.2) is 32.8 Å². The summed E-state index contributed by atoms with van der Waals surface area (Å²) in [6, 6.07) is 8.21. The van der Waals surface area contributed by atoms with Gasteiger partial charge in [-0.05, 0) is 12.8 Å². The number of hydrogen-bond donors (Lipinski definition) is 1. The highest BCUT2D eigenvalue weighted by Crippen LogP contribution is 2.30. The summed E-state index contributed by atoms with van der Waals surface area (Å²) in [5, 5.41) is 10.5. The van der Waals surface area contributed by atoms with Crippen molar-refractivity contribution in [2.24, 2.45) is 0 Å². The van der Waals surface area contributed by atoms with E-state index in [0.717, 1.165) is 25.7 Å². The monoisotopic (exact) mass is 300 g/mol. The van der Waals surface area contributed by atoms with Gasteiger partial charge in [-0.1, -0.05) is 56.0 Å². The summed E-state index contributed by atoms with van der Waals surface area (Å²) in [6.07, 6.45) is 4.71. The van der Waals surface area contributed by atoms with Gasteiger partial charge in [0.15, 0.2) is 0 Å². The van der Waals surface area contributed by atoms with Crippen molar-refractivity contribution in [3.05, 3.63) is 41.4 Å². The van der Waals surface area contributed by atoms with Gasteiger partial charge in [-0.3, -0.25) is 9.59 Å². The normalized spacial score (nSPS) is 17.1. The Morgan fingerprint density at radius 3 is 2.23 bits per heavy atom. The van der Waals surface area contributed by atoms with E-state index in [1.54, 1.807) is 30.3 Å². The van der Waals surface area contributed by atoms with E-state index in [2.05, 4.69) is 4.79 Å². The smallest absolute Gasteiger partial charge is 0.389 e. The Hall–Kier alpha value is -2.10. The largest absolute Gasteiger partial charge is 0.405 e. The molecule has 5 heteroatoms. The molecule has 0 unspecified atom stereocenters. The van der Waals surface area contributed by atoms with Crippen LogP contribution in [0.25, 0.3) is 5.53 Å². The molecule has 0 saturated heterocycles. The standard InChI is InChI=1S/C17H20N2O3/c18-19-15(16(21)13-8-4-3-5-9-13)14(20)12-17(22)10-6-1-2-7-11-17/h3-5,8-9,22H,1-2,6-7,10-12H2. The molecule has 0 atom stereocenters. The SMILES string of the molecule is [N-]=[N+]=C(C(=O)CC1(O)CCCCCC1)C(=O)c1ccccc1. The van der Waals surface area contributed by atoms with Crippen LogP contribution in [0.2, 0.25) is 0 Å². The van der Waals surface area contributed by atoms with Crippen LogP contribution >= 0.6 is 0 Å². The van der Waals surface area contributed by atoms with Crippen molar-refractivity contribution in [3.63, 3.8) is 0 Å². The van der Waals surface area contributed by atoms with E-state index in [1.165, 1.54) is 0 Å². The topological polar surface area (TPSA) is 90.8 Å². The average Bonchev–Trinajstić information content (AvgIpc) is 2.73. The Bertz CT molecular complexity index is 596. The minimum absolute atomic E-state index is 0.176. The van der Waals surface area contributed by atoms with Crippen molar-refractivity contribution < 1.29 is 19.5 Å². The van der Waals surface area contributed by atoms with Crippen LogP contribution in [0.5, 0.6) is 0 Å². The minimum Gasteiger partial charge on any atom is -0.389 e. The van der Waals surface area contributed by atoms with Crippen LogP contribution in [0.4, 0.5) is 0 Å². The predicted octanol–water partition coefficient (Wildman–Crippen LogP) is 2.58. The molecule has 22 heavy (non-hydrogen) atoms. The molecule has 0 aliphatic heterocycles. The first-order chi connectivity index (χ1) is 10.6. The van der Waals surface area contributed by atoms with Crippen LogP contribution in [0.1, 0.15) is 55.3 Å². The van der Waals surface area contributed by atoms with E-state index in [9.17, 15) is 14.7 Å². The summed E-state index contributed by atoms with van der Waals surface area (Å²) in [6.45, 7) is 0. The van der Waals surface area contributed by atoms with Gasteiger partial charge in [0.1, 0.15) is 0 Å². The number of nitrogens with zero attached hydrogens (tertiary/aromatic N) is 2. The number of ketones is 2. The summed E-state index contributed by atoms with van der Waals surface area (Å²) in [5.74, 6) is -1.23. The lowest BCUT2D eigenvalue weighted by atomic mass is 9.87. The molecule has 1 aliphatic rings. The molecule has 1 aromatic carbocycles. The second kappa shape index (κ2) is 7.25. The second-order valence-corrected chi connectivity index (χ2v) is 5.88. The van der Waals surface area contributed by atoms with Gasteiger partial charge in [-0.2, -0.15) is 4.79 Å². The third-order valence-electron chi connectivity index (χ3n) is 4.14. The summed E-state index contributed by atoms with van der Waals surface area (Å²) in [4.78, 5) is 27.4. The molecule has 1 aliphatic carbocycles. The molecule has 1 fully saturated rings. The number of rotatable bonds is 5. The maximum absolute atomic E-state index is 12.3. The zero-order valence-electron chi connectivity index (χ0n) is 12.5. The zero-order valence-corrected chi connectivity index (χ0v) is 12.5. The van der Waals surface area contributed by atoms with E-state index in [4.69, 9.17) is 5.53 Å². The highest BCUT2D eigenvalue weighted by atomic mass is 16.3. The van der Waals surface area contributed by atoms with Gasteiger partial charge in [0, 0.05) is 12.0 Å². The van der Waals surface area contributed by atoms with Gasteiger partial charge < -0.3 is 10.6 Å². The van der Waals surface area contributed by atoms with E-state index in [0.29, 0.717) is 12.8 Å². The molecule has 0 radical (unpaired) electrons. The van der Waals surface area contributed by atoms with Crippen molar-refractivity contribution in [2.75, 3.05) is 0 Å². The Morgan fingerprint density at radius 1 is 1.09 bits per heavy atom. The third kappa shape index (κ3) is 3.97. The second-order valence-electron chi connectivity index (χ2n) is 5.88. The van der Waals surface area contributed by atoms with Crippen molar-refractivity contribution in [2.45, 2.75) is 50.5 Å². The number of carbonyl (C=O) groups is 2. The van der Waals surface area contributed by atoms with Gasteiger partial charge in [-0.15, -0.1) is 0 Å². The number of aliphatic hydroxyl groups is 1. The first-order valence-corrected chi connectivity index (χ1v) is 7.63. The van der Waals surface area contributed by atoms with Crippen LogP contribution in [0.3, 0.4) is 0 Å². The lowest BCUT2D eigenvalue weighted by molar-refractivity contribution is -0.122. The quantitative estimate of drug-likeness (QED) is 0.226. The van der Waals surface area contributed by atoms with Gasteiger partial charge >= 0.3 is 5.71 Å². The van der Waals surface area contributed by atoms with Gasteiger partial charge in [-0.25, -0.2) is 0 Å². The number of carbonyl (C=O) groups excluding carboxylic acids is 2. The Balaban J connectivity index is 2.13. The molecule has 0 amide bonds. The Morgan fingerprint density at radius 2 is 1.68 bits per heavy atom. The number of hydrogen-bond acceptors (Lipinski definition) is 3. The van der Waals surface area contributed by atoms with Crippen LogP contribution in [-0.2, 0) is 4.79 Å². The first-order valence-electron chi connectivity index (χ1n) is 7.63. The number of benzene rings is 1. The molecule has 2 rings (SSSR count). The molecule has 1 aromatic rings. The fourth-order valence-corrected chi connectivity index (χ4v) is 2.90. The predicted molar refractivity (Wildman–Crippen MR) is 81.7 cm³/mol. The van der Waals surface area contributed by atoms with Crippen molar-refractivity contribution in [1.29, 1.82) is 0 Å². The van der Waals surface area contributed by atoms with E-state index in [-0.39, 0.29) is 12.0 Å². The van der Waals surface area contributed by atoms with Crippen LogP contribution < -0.4 is 0 Å². The average molecular weight is 300 g/mol. The van der Waals surface area contributed by atoms with Gasteiger partial charge in [0.05, 0.1) is 5.60 Å². The first kappa shape index (κ1) is 16.3. The van der Waals surface area contributed by atoms with Crippen molar-refractivity contribution in [3.8, 4) is 0 Å². The summed E-state index contributed by atoms with van der Waals surface area (Å²) in [7, 11) is 0. The Labute approximate surface area is 129 Å². The maximum atomic E-state index is 12.3. The molecule has 0 bridgehead atoms. The third-order valence-corrected chi connectivity index (χ3v) is 4.14. The summed E-state index contributed by atoms with van der Waals surface area (Å²) < 4.78 is 0. The molecule has 1 N–H and O–H groups in total. The van der Waals surface area contributed by atoms with E-state index in [1.807, 2.05) is 0 Å². The highest BCUT2D eigenvalue weighted by Gasteiger charge is 2.38. The fraction of sp³-hybridized carbons (Fsp3) is 0.471. The molecular formula is C17H20N2O3. The van der Waals surface area contributed by atoms with Crippen LogP contribution in [0.15, 0.2) is 30.3 Å². The molecular weight excluding hydrogens is 280 g/mol. The molecule has 0 spiro atoms. The zero-order chi connectivity index (χ0) is 16.0. The molecule has 5 nitrogen and oxygen atoms in total. The summed E-state index contributed by atoms with van der Waals surface area (Å²) >= 11 is 0. The molecule has 116 valence electrons. The fourth-order valence-electron chi connectivity index (χ4n) is 2.90. The van der Waals surface area contributed by atoms with Gasteiger partial charge in [0.25, 0.3) is 11.6 Å². The van der Waals surface area contributed by atoms with Crippen molar-refractivity contribution in [1.82, 2.24) is 0 Å². The lowest BCUT2D eigenvalue weighted by Crippen LogP contribution is -2.36. The number of Topliss-reactive ketones (excluding diaryl/α,β-unsaturated/α-hetero) is 2. The van der Waals surface area contributed by atoms with Crippen molar-refractivity contribution >= 4 is 17.3 Å². The maximum Gasteiger partial charge on any atom is 0.405 e. The Kier molecular flexibility index (Phi) is 5.36. The minimum atomic E-state index is -1.10. The lowest BCUT2D eigenvalue weighted by Gasteiger charge is -2.24. The van der Waals surface area contributed by atoms with Gasteiger partial charge in [0.2, 0.25) is 0 Å². The van der Waals surface area contributed by atoms with E-state index < -0.39 is 22.9 Å². The highest BCUT2D eigenvalue weighted by molar-refractivity contribution is 6.67. The molecule has 0 heterocycles. The molecule has 1 saturated carbocycles. The van der Waals surface area contributed by atoms with Crippen LogP contribution in [0, 0.1) is 0 Å². The molecule has 0 aromatic heterocycles. The van der Waals surface area contributed by atoms with E-state index >= 15 is 0 Å². The summed E-state index contributed by atoms with van der Waals surface area (Å²) in [5.41, 5.74) is 7.74.